The predicted octanol–water partition coefficient (Wildman–Crippen LogP) is 4.11. The number of hydrogen-bond acceptors (Lipinski definition) is 2. The molecule has 1 fully saturated rings. The van der Waals surface area contributed by atoms with Crippen molar-refractivity contribution < 1.29 is 9.53 Å². The van der Waals surface area contributed by atoms with Crippen LogP contribution in [0.1, 0.15) is 54.2 Å². The van der Waals surface area contributed by atoms with Gasteiger partial charge in [0.05, 0.1) is 12.7 Å². The van der Waals surface area contributed by atoms with Gasteiger partial charge in [-0.05, 0) is 56.4 Å². The highest BCUT2D eigenvalue weighted by Crippen LogP contribution is 2.26. The number of carbonyl (C=O) groups is 1. The maximum absolute atomic E-state index is 12.3. The van der Waals surface area contributed by atoms with E-state index in [0.717, 1.165) is 23.0 Å². The number of carbonyl (C=O) groups excluding carboxylic acids is 1. The number of ether oxygens (including phenoxy) is 1. The van der Waals surface area contributed by atoms with Crippen molar-refractivity contribution >= 4 is 16.8 Å². The molecular formula is C20H28N2O2. The Kier molecular flexibility index (Phi) is 5.24. The van der Waals surface area contributed by atoms with Crippen LogP contribution in [0.3, 0.4) is 0 Å². The van der Waals surface area contributed by atoms with Crippen LogP contribution >= 0.6 is 0 Å². The average molecular weight is 328 g/mol. The lowest BCUT2D eigenvalue weighted by molar-refractivity contribution is -0.00293. The Balaban J connectivity index is 1.52. The third-order valence-electron chi connectivity index (χ3n) is 5.32. The molecule has 1 amide bonds. The normalized spacial score (nSPS) is 21.1. The summed E-state index contributed by atoms with van der Waals surface area (Å²) in [7, 11) is 0. The number of aromatic nitrogens is 1. The predicted molar refractivity (Wildman–Crippen MR) is 97.5 cm³/mol. The molecule has 0 radical (unpaired) electrons. The Morgan fingerprint density at radius 3 is 2.88 bits per heavy atom. The van der Waals surface area contributed by atoms with Crippen molar-refractivity contribution in [3.63, 3.8) is 0 Å². The molecule has 1 aliphatic carbocycles. The van der Waals surface area contributed by atoms with E-state index in [0.29, 0.717) is 30.7 Å². The van der Waals surface area contributed by atoms with Crippen molar-refractivity contribution in [2.75, 3.05) is 13.2 Å². The third-order valence-corrected chi connectivity index (χ3v) is 5.32. The quantitative estimate of drug-likeness (QED) is 0.812. The first kappa shape index (κ1) is 17.0. The van der Waals surface area contributed by atoms with Crippen molar-refractivity contribution in [1.82, 2.24) is 10.3 Å². The standard InChI is InChI=1S/C20H28N2O2/c1-13-6-4-5-7-19(13)24-11-10-21-20(23)16-8-9-18-17(12-16)14(2)15(3)22-18/h8-9,12-13,19,22H,4-7,10-11H2,1-3H3,(H,21,23)/t13-,19+/m1/s1. The van der Waals surface area contributed by atoms with E-state index in [4.69, 9.17) is 4.74 Å². The maximum atomic E-state index is 12.3. The zero-order valence-electron chi connectivity index (χ0n) is 14.9. The van der Waals surface area contributed by atoms with Gasteiger partial charge in [0.2, 0.25) is 0 Å². The number of amides is 1. The van der Waals surface area contributed by atoms with E-state index in [2.05, 4.69) is 31.1 Å². The second kappa shape index (κ2) is 7.39. The molecule has 0 spiro atoms. The molecule has 1 aliphatic rings. The van der Waals surface area contributed by atoms with Crippen LogP contribution in [0.25, 0.3) is 10.9 Å². The van der Waals surface area contributed by atoms with E-state index >= 15 is 0 Å². The molecule has 2 N–H and O–H groups in total. The smallest absolute Gasteiger partial charge is 0.251 e. The van der Waals surface area contributed by atoms with E-state index in [1.165, 1.54) is 24.8 Å². The summed E-state index contributed by atoms with van der Waals surface area (Å²) < 4.78 is 5.95. The summed E-state index contributed by atoms with van der Waals surface area (Å²) in [5.41, 5.74) is 4.14. The number of H-pyrrole nitrogens is 1. The van der Waals surface area contributed by atoms with Gasteiger partial charge < -0.3 is 15.0 Å². The molecule has 4 nitrogen and oxygen atoms in total. The first-order chi connectivity index (χ1) is 11.6. The maximum Gasteiger partial charge on any atom is 0.251 e. The van der Waals surface area contributed by atoms with Crippen LogP contribution in [0.5, 0.6) is 0 Å². The molecule has 1 aromatic heterocycles. The van der Waals surface area contributed by atoms with Crippen molar-refractivity contribution in [2.24, 2.45) is 5.92 Å². The van der Waals surface area contributed by atoms with Crippen LogP contribution in [0.15, 0.2) is 18.2 Å². The average Bonchev–Trinajstić information content (AvgIpc) is 2.87. The van der Waals surface area contributed by atoms with Crippen LogP contribution < -0.4 is 5.32 Å². The van der Waals surface area contributed by atoms with Gasteiger partial charge in [0.1, 0.15) is 0 Å². The topological polar surface area (TPSA) is 54.1 Å². The Hall–Kier alpha value is -1.81. The van der Waals surface area contributed by atoms with Gasteiger partial charge in [-0.1, -0.05) is 19.8 Å². The van der Waals surface area contributed by atoms with E-state index in [1.807, 2.05) is 18.2 Å². The lowest BCUT2D eigenvalue weighted by Gasteiger charge is -2.28. The third kappa shape index (κ3) is 3.64. The van der Waals surface area contributed by atoms with Gasteiger partial charge in [0, 0.05) is 28.7 Å². The fourth-order valence-corrected chi connectivity index (χ4v) is 3.61. The molecular weight excluding hydrogens is 300 g/mol. The minimum Gasteiger partial charge on any atom is -0.376 e. The Bertz CT molecular complexity index is 720. The lowest BCUT2D eigenvalue weighted by atomic mass is 9.88. The first-order valence-corrected chi connectivity index (χ1v) is 9.05. The van der Waals surface area contributed by atoms with Gasteiger partial charge in [-0.15, -0.1) is 0 Å². The van der Waals surface area contributed by atoms with Crippen LogP contribution in [0.2, 0.25) is 0 Å². The van der Waals surface area contributed by atoms with E-state index in [1.54, 1.807) is 0 Å². The fourth-order valence-electron chi connectivity index (χ4n) is 3.61. The van der Waals surface area contributed by atoms with Crippen LogP contribution in [-0.2, 0) is 4.74 Å². The molecule has 0 aliphatic heterocycles. The monoisotopic (exact) mass is 328 g/mol. The second-order valence-corrected chi connectivity index (χ2v) is 7.06. The molecule has 0 saturated heterocycles. The largest absolute Gasteiger partial charge is 0.376 e. The zero-order valence-corrected chi connectivity index (χ0v) is 14.9. The molecule has 2 aromatic rings. The highest BCUT2D eigenvalue weighted by atomic mass is 16.5. The number of benzene rings is 1. The minimum absolute atomic E-state index is 0.0320. The number of hydrogen-bond donors (Lipinski definition) is 2. The summed E-state index contributed by atoms with van der Waals surface area (Å²) in [5, 5.41) is 4.09. The fraction of sp³-hybridized carbons (Fsp3) is 0.550. The van der Waals surface area contributed by atoms with Gasteiger partial charge in [0.25, 0.3) is 5.91 Å². The number of aromatic amines is 1. The molecule has 3 rings (SSSR count). The van der Waals surface area contributed by atoms with Crippen molar-refractivity contribution in [2.45, 2.75) is 52.6 Å². The van der Waals surface area contributed by atoms with Crippen LogP contribution in [-0.4, -0.2) is 30.1 Å². The summed E-state index contributed by atoms with van der Waals surface area (Å²) in [6.07, 6.45) is 5.34. The van der Waals surface area contributed by atoms with E-state index in [-0.39, 0.29) is 5.91 Å². The highest BCUT2D eigenvalue weighted by Gasteiger charge is 2.21. The summed E-state index contributed by atoms with van der Waals surface area (Å²) in [5.74, 6) is 0.604. The Morgan fingerprint density at radius 2 is 2.08 bits per heavy atom. The number of nitrogens with one attached hydrogen (secondary N) is 2. The van der Waals surface area contributed by atoms with E-state index in [9.17, 15) is 4.79 Å². The molecule has 1 aromatic carbocycles. The van der Waals surface area contributed by atoms with Gasteiger partial charge >= 0.3 is 0 Å². The minimum atomic E-state index is -0.0320. The summed E-state index contributed by atoms with van der Waals surface area (Å²) in [6, 6.07) is 5.81. The second-order valence-electron chi connectivity index (χ2n) is 7.06. The molecule has 1 heterocycles. The van der Waals surface area contributed by atoms with Crippen LogP contribution in [0.4, 0.5) is 0 Å². The van der Waals surface area contributed by atoms with Crippen molar-refractivity contribution in [3.05, 3.63) is 35.0 Å². The lowest BCUT2D eigenvalue weighted by Crippen LogP contribution is -2.31. The number of fused-ring (bicyclic) bond motifs is 1. The molecule has 2 atom stereocenters. The molecule has 0 unspecified atom stereocenters. The van der Waals surface area contributed by atoms with Gasteiger partial charge in [-0.25, -0.2) is 0 Å². The summed E-state index contributed by atoms with van der Waals surface area (Å²) >= 11 is 0. The van der Waals surface area contributed by atoms with Crippen molar-refractivity contribution in [3.8, 4) is 0 Å². The van der Waals surface area contributed by atoms with Crippen LogP contribution in [0, 0.1) is 19.8 Å². The van der Waals surface area contributed by atoms with Gasteiger partial charge in [0.15, 0.2) is 0 Å². The number of rotatable bonds is 5. The first-order valence-electron chi connectivity index (χ1n) is 9.05. The Labute approximate surface area is 144 Å². The molecule has 4 heteroatoms. The van der Waals surface area contributed by atoms with Crippen molar-refractivity contribution in [1.29, 1.82) is 0 Å². The number of aryl methyl sites for hydroxylation is 2. The molecule has 0 bridgehead atoms. The van der Waals surface area contributed by atoms with Gasteiger partial charge in [-0.2, -0.15) is 0 Å². The van der Waals surface area contributed by atoms with Gasteiger partial charge in [-0.3, -0.25) is 4.79 Å². The van der Waals surface area contributed by atoms with E-state index < -0.39 is 0 Å². The summed E-state index contributed by atoms with van der Waals surface area (Å²) in [4.78, 5) is 15.7. The SMILES string of the molecule is Cc1[nH]c2ccc(C(=O)NCCO[C@H]3CCCC[C@H]3C)cc2c1C. The highest BCUT2D eigenvalue weighted by molar-refractivity contribution is 5.99. The zero-order chi connectivity index (χ0) is 17.1. The Morgan fingerprint density at radius 1 is 1.29 bits per heavy atom. The molecule has 130 valence electrons. The summed E-state index contributed by atoms with van der Waals surface area (Å²) in [6.45, 7) is 7.54. The molecule has 1 saturated carbocycles. The molecule has 24 heavy (non-hydrogen) atoms.